The number of rotatable bonds is 4. The molecule has 2 N–H and O–H groups in total. The fraction of sp³-hybridized carbons (Fsp3) is 0.500. The molecule has 0 aliphatic carbocycles. The van der Waals surface area contributed by atoms with Crippen LogP contribution >= 0.6 is 0 Å². The van der Waals surface area contributed by atoms with Crippen LogP contribution in [0.2, 0.25) is 0 Å². The summed E-state index contributed by atoms with van der Waals surface area (Å²) in [6, 6.07) is -0.352. The Morgan fingerprint density at radius 2 is 2.12 bits per heavy atom. The minimum absolute atomic E-state index is 0.0756. The molecule has 134 valence electrons. The van der Waals surface area contributed by atoms with Gasteiger partial charge in [-0.05, 0) is 12.8 Å². The van der Waals surface area contributed by atoms with Gasteiger partial charge in [-0.2, -0.15) is 5.10 Å². The van der Waals surface area contributed by atoms with Crippen molar-refractivity contribution in [3.63, 3.8) is 0 Å². The van der Waals surface area contributed by atoms with Crippen LogP contribution in [0.1, 0.15) is 18.7 Å². The molecule has 1 aliphatic heterocycles. The maximum absolute atomic E-state index is 12.2. The quantitative estimate of drug-likeness (QED) is 0.777. The van der Waals surface area contributed by atoms with Crippen LogP contribution in [0.3, 0.4) is 0 Å². The molecule has 0 saturated carbocycles. The zero-order valence-corrected chi connectivity index (χ0v) is 14.5. The molecule has 2 aromatic rings. The number of sulfone groups is 1. The summed E-state index contributed by atoms with van der Waals surface area (Å²) in [5.41, 5.74) is 0.539. The van der Waals surface area contributed by atoms with Crippen molar-refractivity contribution in [3.05, 3.63) is 24.4 Å². The van der Waals surface area contributed by atoms with Gasteiger partial charge in [0.25, 0.3) is 0 Å². The Kier molecular flexibility index (Phi) is 4.93. The van der Waals surface area contributed by atoms with Crippen LogP contribution in [0.15, 0.2) is 18.6 Å². The van der Waals surface area contributed by atoms with Crippen molar-refractivity contribution in [1.82, 2.24) is 35.4 Å². The number of hydrogen-bond donors (Lipinski definition) is 2. The fourth-order valence-corrected chi connectivity index (χ4v) is 4.08. The molecule has 3 rings (SSSR count). The predicted molar refractivity (Wildman–Crippen MR) is 89.1 cm³/mol. The summed E-state index contributed by atoms with van der Waals surface area (Å²) in [6.45, 7) is 0.182. The maximum Gasteiger partial charge on any atom is 0.317 e. The monoisotopic (exact) mass is 365 g/mol. The van der Waals surface area contributed by atoms with Gasteiger partial charge >= 0.3 is 6.03 Å². The molecule has 0 unspecified atom stereocenters. The zero-order valence-electron chi connectivity index (χ0n) is 13.7. The van der Waals surface area contributed by atoms with Gasteiger partial charge in [-0.15, -0.1) is 0 Å². The topological polar surface area (TPSA) is 134 Å². The SMILES string of the molecule is CN(C(=O)NCc1nc(-c2cnccn2)n[nH]1)C1CCS(=O)(=O)CC1. The third-order valence-corrected chi connectivity index (χ3v) is 5.84. The van der Waals surface area contributed by atoms with Crippen LogP contribution in [-0.2, 0) is 16.4 Å². The molecule has 0 atom stereocenters. The standard InChI is InChI=1S/C14H19N7O3S/c1-21(10-2-6-25(23,24)7-3-10)14(22)17-9-12-18-13(20-19-12)11-8-15-4-5-16-11/h4-5,8,10H,2-3,6-7,9H2,1H3,(H,17,22)(H,18,19,20). The van der Waals surface area contributed by atoms with Crippen molar-refractivity contribution < 1.29 is 13.2 Å². The molecule has 1 saturated heterocycles. The number of aromatic amines is 1. The molecular weight excluding hydrogens is 346 g/mol. The Morgan fingerprint density at radius 3 is 2.80 bits per heavy atom. The molecule has 1 fully saturated rings. The normalized spacial score (nSPS) is 17.2. The summed E-state index contributed by atoms with van der Waals surface area (Å²) in [6.07, 6.45) is 5.59. The van der Waals surface area contributed by atoms with E-state index in [1.807, 2.05) is 0 Å². The van der Waals surface area contributed by atoms with E-state index in [2.05, 4.69) is 30.5 Å². The molecule has 25 heavy (non-hydrogen) atoms. The van der Waals surface area contributed by atoms with Gasteiger partial charge in [0.2, 0.25) is 5.82 Å². The van der Waals surface area contributed by atoms with Gasteiger partial charge < -0.3 is 10.2 Å². The van der Waals surface area contributed by atoms with E-state index in [0.717, 1.165) is 0 Å². The lowest BCUT2D eigenvalue weighted by molar-refractivity contribution is 0.185. The maximum atomic E-state index is 12.2. The Labute approximate surface area is 145 Å². The van der Waals surface area contributed by atoms with Crippen molar-refractivity contribution in [2.75, 3.05) is 18.6 Å². The molecule has 0 radical (unpaired) electrons. The van der Waals surface area contributed by atoms with Crippen LogP contribution in [-0.4, -0.2) is 69.1 Å². The molecule has 0 bridgehead atoms. The highest BCUT2D eigenvalue weighted by Crippen LogP contribution is 2.17. The first kappa shape index (κ1) is 17.3. The van der Waals surface area contributed by atoms with Crippen LogP contribution < -0.4 is 5.32 Å². The first-order valence-corrected chi connectivity index (χ1v) is 9.65. The number of urea groups is 1. The number of H-pyrrole nitrogens is 1. The van der Waals surface area contributed by atoms with Crippen molar-refractivity contribution >= 4 is 15.9 Å². The van der Waals surface area contributed by atoms with Gasteiger partial charge in [-0.25, -0.2) is 23.2 Å². The molecule has 2 amide bonds. The molecule has 11 heteroatoms. The fourth-order valence-electron chi connectivity index (χ4n) is 2.62. The van der Waals surface area contributed by atoms with Crippen molar-refractivity contribution in [2.24, 2.45) is 0 Å². The summed E-state index contributed by atoms with van der Waals surface area (Å²) >= 11 is 0. The van der Waals surface area contributed by atoms with E-state index in [1.165, 1.54) is 0 Å². The number of carbonyl (C=O) groups is 1. The number of hydrogen-bond acceptors (Lipinski definition) is 7. The molecule has 0 spiro atoms. The second kappa shape index (κ2) is 7.13. The summed E-state index contributed by atoms with van der Waals surface area (Å²) < 4.78 is 22.9. The summed E-state index contributed by atoms with van der Waals surface area (Å²) in [5, 5.41) is 9.54. The lowest BCUT2D eigenvalue weighted by Crippen LogP contribution is -2.46. The van der Waals surface area contributed by atoms with Crippen LogP contribution in [0, 0.1) is 0 Å². The average Bonchev–Trinajstić information content (AvgIpc) is 3.09. The second-order valence-electron chi connectivity index (χ2n) is 5.85. The van der Waals surface area contributed by atoms with Crippen LogP contribution in [0.5, 0.6) is 0 Å². The Hall–Kier alpha value is -2.56. The van der Waals surface area contributed by atoms with E-state index >= 15 is 0 Å². The van der Waals surface area contributed by atoms with E-state index in [4.69, 9.17) is 0 Å². The molecule has 0 aromatic carbocycles. The first-order chi connectivity index (χ1) is 11.9. The zero-order chi connectivity index (χ0) is 17.9. The largest absolute Gasteiger partial charge is 0.331 e. The molecule has 3 heterocycles. The first-order valence-electron chi connectivity index (χ1n) is 7.83. The highest BCUT2D eigenvalue weighted by atomic mass is 32.2. The Bertz CT molecular complexity index is 823. The third-order valence-electron chi connectivity index (χ3n) is 4.12. The minimum Gasteiger partial charge on any atom is -0.331 e. The number of carbonyl (C=O) groups excluding carboxylic acids is 1. The molecule has 1 aliphatic rings. The summed E-state index contributed by atoms with van der Waals surface area (Å²) in [7, 11) is -1.28. The van der Waals surface area contributed by atoms with Gasteiger partial charge in [0.1, 0.15) is 21.4 Å². The van der Waals surface area contributed by atoms with Gasteiger partial charge in [-0.1, -0.05) is 0 Å². The number of nitrogens with zero attached hydrogens (tertiary/aromatic N) is 5. The highest BCUT2D eigenvalue weighted by molar-refractivity contribution is 7.91. The van der Waals surface area contributed by atoms with E-state index in [0.29, 0.717) is 30.2 Å². The van der Waals surface area contributed by atoms with E-state index in [1.54, 1.807) is 30.5 Å². The Balaban J connectivity index is 1.53. The van der Waals surface area contributed by atoms with E-state index in [-0.39, 0.29) is 30.1 Å². The predicted octanol–water partition coefficient (Wildman–Crippen LogP) is -0.0197. The average molecular weight is 365 g/mol. The van der Waals surface area contributed by atoms with Crippen molar-refractivity contribution in [1.29, 1.82) is 0 Å². The molecule has 2 aromatic heterocycles. The second-order valence-corrected chi connectivity index (χ2v) is 8.15. The lowest BCUT2D eigenvalue weighted by Gasteiger charge is -2.31. The van der Waals surface area contributed by atoms with Gasteiger partial charge in [0.05, 0.1) is 24.2 Å². The van der Waals surface area contributed by atoms with Crippen molar-refractivity contribution in [2.45, 2.75) is 25.4 Å². The third kappa shape index (κ3) is 4.29. The molecule has 10 nitrogen and oxygen atoms in total. The lowest BCUT2D eigenvalue weighted by atomic mass is 10.1. The van der Waals surface area contributed by atoms with Crippen LogP contribution in [0.4, 0.5) is 4.79 Å². The van der Waals surface area contributed by atoms with E-state index < -0.39 is 9.84 Å². The highest BCUT2D eigenvalue weighted by Gasteiger charge is 2.28. The number of aromatic nitrogens is 5. The summed E-state index contributed by atoms with van der Waals surface area (Å²) in [4.78, 5) is 26.1. The van der Waals surface area contributed by atoms with Crippen LogP contribution in [0.25, 0.3) is 11.5 Å². The molecular formula is C14H19N7O3S. The number of nitrogens with one attached hydrogen (secondary N) is 2. The van der Waals surface area contributed by atoms with Gasteiger partial charge in [0, 0.05) is 25.5 Å². The smallest absolute Gasteiger partial charge is 0.317 e. The Morgan fingerprint density at radius 1 is 1.36 bits per heavy atom. The summed E-state index contributed by atoms with van der Waals surface area (Å²) in [5.74, 6) is 1.15. The number of amides is 2. The van der Waals surface area contributed by atoms with Gasteiger partial charge in [-0.3, -0.25) is 10.1 Å². The minimum atomic E-state index is -2.95. The van der Waals surface area contributed by atoms with Crippen molar-refractivity contribution in [3.8, 4) is 11.5 Å². The van der Waals surface area contributed by atoms with E-state index in [9.17, 15) is 13.2 Å². The van der Waals surface area contributed by atoms with Gasteiger partial charge in [0.15, 0.2) is 0 Å².